The smallest absolute Gasteiger partial charge is 0.303 e. The van der Waals surface area contributed by atoms with Gasteiger partial charge >= 0.3 is 11.9 Å². The molecular weight excluding hydrogens is 784 g/mol. The lowest BCUT2D eigenvalue weighted by Gasteiger charge is -2.49. The van der Waals surface area contributed by atoms with E-state index in [1.54, 1.807) is 6.92 Å². The topological polar surface area (TPSA) is 268 Å². The lowest BCUT2D eigenvalue weighted by molar-refractivity contribution is -0.384. The number of carbonyl (C=O) groups is 2. The SMILES string of the molecule is CCCCCCCCCCCCOC1OC(C)C(OC2OC(C)C(OC(C)=O)C(OC3OC(C)C(O)C(OC4OC(C)C(O)C(O)C4O)C3OC(C)=O)C2O)C(O)C1O. The highest BCUT2D eigenvalue weighted by Crippen LogP contribution is 2.36. The van der Waals surface area contributed by atoms with Crippen LogP contribution in [0.5, 0.6) is 0 Å². The molecule has 0 spiro atoms. The molecule has 0 radical (unpaired) electrons. The Kier molecular flexibility index (Phi) is 20.1. The molecule has 4 aliphatic heterocycles. The summed E-state index contributed by atoms with van der Waals surface area (Å²) in [4.78, 5) is 24.7. The average Bonchev–Trinajstić information content (AvgIpc) is 3.18. The van der Waals surface area contributed by atoms with Gasteiger partial charge < -0.3 is 83.1 Å². The number of carbonyl (C=O) groups excluding carboxylic acids is 2. The summed E-state index contributed by atoms with van der Waals surface area (Å²) in [5.74, 6) is -1.62. The summed E-state index contributed by atoms with van der Waals surface area (Å²) in [6, 6.07) is 0. The quantitative estimate of drug-likeness (QED) is 0.0647. The molecule has 19 nitrogen and oxygen atoms in total. The summed E-state index contributed by atoms with van der Waals surface area (Å²) in [7, 11) is 0. The van der Waals surface area contributed by atoms with E-state index in [-0.39, 0.29) is 0 Å². The van der Waals surface area contributed by atoms with Crippen molar-refractivity contribution in [1.82, 2.24) is 0 Å². The van der Waals surface area contributed by atoms with Crippen molar-refractivity contribution in [3.8, 4) is 0 Å². The van der Waals surface area contributed by atoms with E-state index >= 15 is 0 Å². The van der Waals surface area contributed by atoms with Gasteiger partial charge in [0.05, 0.1) is 24.4 Å². The third-order valence-electron chi connectivity index (χ3n) is 11.4. The first-order valence-corrected chi connectivity index (χ1v) is 21.3. The first-order chi connectivity index (χ1) is 28.0. The molecule has 19 heteroatoms. The Morgan fingerprint density at radius 1 is 0.424 bits per heavy atom. The molecule has 0 aromatic heterocycles. The van der Waals surface area contributed by atoms with Gasteiger partial charge in [0.2, 0.25) is 0 Å². The predicted octanol–water partition coefficient (Wildman–Crippen LogP) is 0.448. The van der Waals surface area contributed by atoms with E-state index in [1.165, 1.54) is 59.3 Å². The van der Waals surface area contributed by atoms with Gasteiger partial charge in [-0.25, -0.2) is 0 Å². The molecule has 4 saturated heterocycles. The monoisotopic (exact) mass is 854 g/mol. The zero-order valence-corrected chi connectivity index (χ0v) is 35.4. The lowest BCUT2D eigenvalue weighted by Crippen LogP contribution is -2.67. The van der Waals surface area contributed by atoms with Crippen LogP contribution >= 0.6 is 0 Å². The fraction of sp³-hybridized carbons (Fsp3) is 0.950. The molecule has 0 amide bonds. The highest BCUT2D eigenvalue weighted by atomic mass is 16.8. The zero-order valence-electron chi connectivity index (χ0n) is 35.4. The number of aliphatic hydroxyl groups is 7. The van der Waals surface area contributed by atoms with Crippen LogP contribution in [0.3, 0.4) is 0 Å². The molecule has 0 aromatic rings. The summed E-state index contributed by atoms with van der Waals surface area (Å²) in [6.07, 6.45) is -17.0. The number of ether oxygens (including phenoxy) is 10. The third-order valence-corrected chi connectivity index (χ3v) is 11.4. The molecule has 0 bridgehead atoms. The molecule has 59 heavy (non-hydrogen) atoms. The van der Waals surface area contributed by atoms with Crippen LogP contribution in [-0.2, 0) is 57.0 Å². The summed E-state index contributed by atoms with van der Waals surface area (Å²) < 4.78 is 58.4. The Hall–Kier alpha value is -1.66. The lowest BCUT2D eigenvalue weighted by atomic mass is 9.95. The first-order valence-electron chi connectivity index (χ1n) is 21.3. The van der Waals surface area contributed by atoms with Gasteiger partial charge in [-0.15, -0.1) is 0 Å². The van der Waals surface area contributed by atoms with Crippen molar-refractivity contribution in [2.75, 3.05) is 6.61 Å². The van der Waals surface area contributed by atoms with Crippen LogP contribution in [0.2, 0.25) is 0 Å². The van der Waals surface area contributed by atoms with Crippen LogP contribution in [0.4, 0.5) is 0 Å². The Morgan fingerprint density at radius 3 is 1.46 bits per heavy atom. The van der Waals surface area contributed by atoms with Crippen molar-refractivity contribution in [3.63, 3.8) is 0 Å². The van der Waals surface area contributed by atoms with Crippen molar-refractivity contribution < 1.29 is 92.7 Å². The Bertz CT molecular complexity index is 1260. The predicted molar refractivity (Wildman–Crippen MR) is 203 cm³/mol. The van der Waals surface area contributed by atoms with Crippen LogP contribution in [0.1, 0.15) is 113 Å². The van der Waals surface area contributed by atoms with E-state index in [2.05, 4.69) is 6.92 Å². The van der Waals surface area contributed by atoms with E-state index in [0.717, 1.165) is 39.5 Å². The summed E-state index contributed by atoms with van der Waals surface area (Å²) in [5, 5.41) is 76.3. The van der Waals surface area contributed by atoms with Gasteiger partial charge in [-0.2, -0.15) is 0 Å². The van der Waals surface area contributed by atoms with E-state index in [4.69, 9.17) is 47.4 Å². The standard InChI is InChI=1S/C40H70O19/c1-8-9-10-11-12-13-14-15-16-17-18-50-37-30(48)28(46)32(21(4)53-37)57-39-31(49)35(33(22(5)54-39)55-23(6)41)59-40-36(56-24(7)42)34(26(44)20(3)52-40)58-38-29(47)27(45)25(43)19(2)51-38/h19-22,25-40,43-49H,8-18H2,1-7H3. The number of hydrogen-bond donors (Lipinski definition) is 7. The largest absolute Gasteiger partial charge is 0.457 e. The number of rotatable bonds is 20. The molecule has 0 aromatic carbocycles. The summed E-state index contributed by atoms with van der Waals surface area (Å²) >= 11 is 0. The zero-order chi connectivity index (χ0) is 43.6. The molecule has 4 aliphatic rings. The Morgan fingerprint density at radius 2 is 0.847 bits per heavy atom. The van der Waals surface area contributed by atoms with Crippen molar-refractivity contribution in [2.24, 2.45) is 0 Å². The maximum atomic E-state index is 12.4. The molecule has 20 unspecified atom stereocenters. The average molecular weight is 855 g/mol. The minimum absolute atomic E-state index is 0.319. The molecule has 4 heterocycles. The summed E-state index contributed by atoms with van der Waals surface area (Å²) in [6.45, 7) is 10.7. The minimum atomic E-state index is -1.79. The van der Waals surface area contributed by atoms with Gasteiger partial charge in [0.25, 0.3) is 0 Å². The van der Waals surface area contributed by atoms with E-state index < -0.39 is 135 Å². The molecule has 4 rings (SSSR count). The van der Waals surface area contributed by atoms with Gasteiger partial charge in [-0.05, 0) is 34.1 Å². The molecule has 20 atom stereocenters. The molecule has 0 saturated carbocycles. The van der Waals surface area contributed by atoms with Crippen molar-refractivity contribution in [2.45, 2.75) is 235 Å². The maximum absolute atomic E-state index is 12.4. The Balaban J connectivity index is 1.43. The van der Waals surface area contributed by atoms with Crippen LogP contribution < -0.4 is 0 Å². The molecule has 0 aliphatic carbocycles. The molecule has 4 fully saturated rings. The second kappa shape index (κ2) is 23.7. The van der Waals surface area contributed by atoms with Crippen LogP contribution in [0, 0.1) is 0 Å². The number of hydrogen-bond acceptors (Lipinski definition) is 19. The minimum Gasteiger partial charge on any atom is -0.457 e. The van der Waals surface area contributed by atoms with E-state index in [0.29, 0.717) is 6.61 Å². The fourth-order valence-corrected chi connectivity index (χ4v) is 7.89. The van der Waals surface area contributed by atoms with E-state index in [1.807, 2.05) is 0 Å². The second-order valence-electron chi connectivity index (χ2n) is 16.3. The summed E-state index contributed by atoms with van der Waals surface area (Å²) in [5.41, 5.74) is 0. The fourth-order valence-electron chi connectivity index (χ4n) is 7.89. The molecule has 7 N–H and O–H groups in total. The highest BCUT2D eigenvalue weighted by Gasteiger charge is 2.56. The normalized spacial score (nSPS) is 42.9. The van der Waals surface area contributed by atoms with Crippen molar-refractivity contribution in [3.05, 3.63) is 0 Å². The number of esters is 2. The Labute approximate surface area is 346 Å². The molecule has 344 valence electrons. The van der Waals surface area contributed by atoms with Crippen LogP contribution in [-0.4, -0.2) is 177 Å². The van der Waals surface area contributed by atoms with Gasteiger partial charge in [0, 0.05) is 20.5 Å². The molecular formula is C40H70O19. The van der Waals surface area contributed by atoms with Gasteiger partial charge in [0.1, 0.15) is 61.0 Å². The van der Waals surface area contributed by atoms with Gasteiger partial charge in [0.15, 0.2) is 37.4 Å². The highest BCUT2D eigenvalue weighted by molar-refractivity contribution is 5.66. The van der Waals surface area contributed by atoms with Crippen molar-refractivity contribution >= 4 is 11.9 Å². The first kappa shape index (κ1) is 50.0. The van der Waals surface area contributed by atoms with Crippen LogP contribution in [0.25, 0.3) is 0 Å². The van der Waals surface area contributed by atoms with Gasteiger partial charge in [-0.3, -0.25) is 9.59 Å². The second-order valence-corrected chi connectivity index (χ2v) is 16.3. The number of aliphatic hydroxyl groups excluding tert-OH is 7. The van der Waals surface area contributed by atoms with Crippen LogP contribution in [0.15, 0.2) is 0 Å². The maximum Gasteiger partial charge on any atom is 0.303 e. The van der Waals surface area contributed by atoms with Crippen molar-refractivity contribution in [1.29, 1.82) is 0 Å². The van der Waals surface area contributed by atoms with Gasteiger partial charge in [-0.1, -0.05) is 64.7 Å². The van der Waals surface area contributed by atoms with E-state index in [9.17, 15) is 45.3 Å². The third kappa shape index (κ3) is 13.4. The number of unbranched alkanes of at least 4 members (excludes halogenated alkanes) is 9.